The van der Waals surface area contributed by atoms with Crippen LogP contribution in [0.3, 0.4) is 0 Å². The number of amides is 2. The summed E-state index contributed by atoms with van der Waals surface area (Å²) in [5.41, 5.74) is 1.94. The number of hydrogen-bond donors (Lipinski definition) is 1. The van der Waals surface area contributed by atoms with Gasteiger partial charge in [0, 0.05) is 35.6 Å². The van der Waals surface area contributed by atoms with Crippen molar-refractivity contribution in [2.75, 3.05) is 26.4 Å². The average Bonchev–Trinajstić information content (AvgIpc) is 3.25. The van der Waals surface area contributed by atoms with Crippen LogP contribution in [0.1, 0.15) is 79.2 Å². The van der Waals surface area contributed by atoms with Crippen LogP contribution in [-0.2, 0) is 19.1 Å². The number of rotatable bonds is 13. The van der Waals surface area contributed by atoms with E-state index in [9.17, 15) is 29.3 Å². The summed E-state index contributed by atoms with van der Waals surface area (Å²) in [7, 11) is 0. The van der Waals surface area contributed by atoms with Gasteiger partial charge in [-0.1, -0.05) is 19.1 Å². The number of esters is 2. The normalized spacial score (nSPS) is 16.1. The van der Waals surface area contributed by atoms with Crippen LogP contribution in [0.2, 0.25) is 0 Å². The molecule has 44 heavy (non-hydrogen) atoms. The van der Waals surface area contributed by atoms with Crippen molar-refractivity contribution in [1.29, 1.82) is 0 Å². The molecule has 0 saturated heterocycles. The van der Waals surface area contributed by atoms with Crippen molar-refractivity contribution in [3.05, 3.63) is 91.8 Å². The molecule has 12 heteroatoms. The summed E-state index contributed by atoms with van der Waals surface area (Å²) in [5.74, 6) is -2.87. The standard InChI is InChI=1S/C32H35N3O9/c1-5-24-28(32(39)43-7-3)27(26(19(4)33-24)31(38)42-6-2)23-18-20(35(40)41)14-15-25(23)44-17-11-10-16-34-29(36)21-12-8-9-13-22(21)30(34)37/h8-9,12-15,18,27,33H,5-7,10-11,16-17H2,1-4H3. The van der Waals surface area contributed by atoms with Crippen LogP contribution in [0, 0.1) is 10.1 Å². The minimum absolute atomic E-state index is 0.0762. The van der Waals surface area contributed by atoms with Gasteiger partial charge in [-0.05, 0) is 58.2 Å². The van der Waals surface area contributed by atoms with Crippen LogP contribution in [-0.4, -0.2) is 59.9 Å². The largest absolute Gasteiger partial charge is 0.493 e. The average molecular weight is 606 g/mol. The molecule has 0 spiro atoms. The molecule has 2 aromatic carbocycles. The minimum atomic E-state index is -1.07. The number of nitrogens with zero attached hydrogens (tertiary/aromatic N) is 2. The maximum atomic E-state index is 13.3. The number of nitro groups is 1. The number of hydrogen-bond acceptors (Lipinski definition) is 10. The second-order valence-corrected chi connectivity index (χ2v) is 10.1. The van der Waals surface area contributed by atoms with Crippen molar-refractivity contribution in [1.82, 2.24) is 10.2 Å². The van der Waals surface area contributed by atoms with Gasteiger partial charge in [0.15, 0.2) is 0 Å². The predicted molar refractivity (Wildman–Crippen MR) is 159 cm³/mol. The Kier molecular flexibility index (Phi) is 10.1. The van der Waals surface area contributed by atoms with Crippen LogP contribution in [0.5, 0.6) is 5.75 Å². The van der Waals surface area contributed by atoms with Crippen molar-refractivity contribution in [2.45, 2.75) is 52.9 Å². The summed E-state index contributed by atoms with van der Waals surface area (Å²) in [4.78, 5) is 64.4. The molecule has 1 N–H and O–H groups in total. The Bertz CT molecular complexity index is 1520. The van der Waals surface area contributed by atoms with Gasteiger partial charge in [0.25, 0.3) is 17.5 Å². The Morgan fingerprint density at radius 2 is 1.55 bits per heavy atom. The Balaban J connectivity index is 1.63. The van der Waals surface area contributed by atoms with Gasteiger partial charge in [-0.2, -0.15) is 0 Å². The molecule has 2 aromatic rings. The van der Waals surface area contributed by atoms with Gasteiger partial charge < -0.3 is 19.5 Å². The summed E-state index contributed by atoms with van der Waals surface area (Å²) >= 11 is 0. The SMILES string of the molecule is CCOC(=O)C1=C(C)NC(CC)=C(C(=O)OCC)C1c1cc([N+](=O)[O-])ccc1OCCCCN1C(=O)c2ccccc2C1=O. The van der Waals surface area contributed by atoms with Gasteiger partial charge >= 0.3 is 11.9 Å². The highest BCUT2D eigenvalue weighted by molar-refractivity contribution is 6.21. The third-order valence-corrected chi connectivity index (χ3v) is 7.42. The molecular formula is C32H35N3O9. The van der Waals surface area contributed by atoms with Crippen molar-refractivity contribution in [2.24, 2.45) is 0 Å². The Hall–Kier alpha value is -5.00. The number of allylic oxidation sites excluding steroid dienone is 2. The zero-order valence-corrected chi connectivity index (χ0v) is 25.1. The van der Waals surface area contributed by atoms with E-state index in [0.717, 1.165) is 0 Å². The van der Waals surface area contributed by atoms with Gasteiger partial charge in [-0.15, -0.1) is 0 Å². The summed E-state index contributed by atoms with van der Waals surface area (Å²) in [6.45, 7) is 7.31. The van der Waals surface area contributed by atoms with E-state index in [0.29, 0.717) is 41.8 Å². The lowest BCUT2D eigenvalue weighted by Crippen LogP contribution is -2.33. The quantitative estimate of drug-likeness (QED) is 0.111. The summed E-state index contributed by atoms with van der Waals surface area (Å²) < 4.78 is 16.8. The van der Waals surface area contributed by atoms with E-state index >= 15 is 0 Å². The molecule has 1 unspecified atom stereocenters. The molecule has 2 aliphatic heterocycles. The molecular weight excluding hydrogens is 570 g/mol. The van der Waals surface area contributed by atoms with Crippen LogP contribution >= 0.6 is 0 Å². The number of carbonyl (C=O) groups is 4. The number of benzene rings is 2. The van der Waals surface area contributed by atoms with Gasteiger partial charge in [0.2, 0.25) is 0 Å². The maximum Gasteiger partial charge on any atom is 0.336 e. The van der Waals surface area contributed by atoms with E-state index in [1.807, 2.05) is 6.92 Å². The van der Waals surface area contributed by atoms with Gasteiger partial charge in [-0.3, -0.25) is 24.6 Å². The fourth-order valence-corrected chi connectivity index (χ4v) is 5.42. The first-order valence-electron chi connectivity index (χ1n) is 14.6. The number of fused-ring (bicyclic) bond motifs is 1. The molecule has 2 heterocycles. The Morgan fingerprint density at radius 1 is 0.932 bits per heavy atom. The lowest BCUT2D eigenvalue weighted by Gasteiger charge is -2.32. The monoisotopic (exact) mass is 605 g/mol. The van der Waals surface area contributed by atoms with Crippen molar-refractivity contribution >= 4 is 29.4 Å². The molecule has 1 atom stereocenters. The molecule has 0 saturated carbocycles. The predicted octanol–water partition coefficient (Wildman–Crippen LogP) is 4.80. The minimum Gasteiger partial charge on any atom is -0.493 e. The van der Waals surface area contributed by atoms with Gasteiger partial charge in [0.1, 0.15) is 5.75 Å². The Labute approximate surface area is 254 Å². The third kappa shape index (κ3) is 6.34. The topological polar surface area (TPSA) is 154 Å². The lowest BCUT2D eigenvalue weighted by molar-refractivity contribution is -0.384. The zero-order chi connectivity index (χ0) is 32.0. The highest BCUT2D eigenvalue weighted by Gasteiger charge is 2.41. The molecule has 2 amide bonds. The molecule has 12 nitrogen and oxygen atoms in total. The number of imide groups is 1. The lowest BCUT2D eigenvalue weighted by atomic mass is 9.79. The van der Waals surface area contributed by atoms with Crippen LogP contribution in [0.25, 0.3) is 0 Å². The molecule has 0 bridgehead atoms. The zero-order valence-electron chi connectivity index (χ0n) is 25.1. The molecule has 232 valence electrons. The van der Waals surface area contributed by atoms with E-state index in [2.05, 4.69) is 5.32 Å². The smallest absolute Gasteiger partial charge is 0.336 e. The number of carbonyl (C=O) groups excluding carboxylic acids is 4. The van der Waals surface area contributed by atoms with E-state index < -0.39 is 22.8 Å². The fraction of sp³-hybridized carbons (Fsp3) is 0.375. The van der Waals surface area contributed by atoms with E-state index in [1.165, 1.54) is 23.1 Å². The second-order valence-electron chi connectivity index (χ2n) is 10.1. The number of dihydropyridines is 1. The summed E-state index contributed by atoms with van der Waals surface area (Å²) in [6, 6.07) is 10.7. The number of nitrogens with one attached hydrogen (secondary N) is 1. The molecule has 0 aromatic heterocycles. The highest BCUT2D eigenvalue weighted by Crippen LogP contribution is 2.44. The van der Waals surface area contributed by atoms with E-state index in [4.69, 9.17) is 14.2 Å². The molecule has 0 fully saturated rings. The third-order valence-electron chi connectivity index (χ3n) is 7.42. The van der Waals surface area contributed by atoms with Gasteiger partial charge in [0.05, 0.1) is 52.9 Å². The van der Waals surface area contributed by atoms with Crippen LogP contribution in [0.4, 0.5) is 5.69 Å². The van der Waals surface area contributed by atoms with E-state index in [1.54, 1.807) is 45.0 Å². The number of nitro benzene ring substituents is 1. The van der Waals surface area contributed by atoms with Gasteiger partial charge in [-0.25, -0.2) is 9.59 Å². The van der Waals surface area contributed by atoms with Crippen LogP contribution in [0.15, 0.2) is 65.0 Å². The number of unbranched alkanes of at least 4 members (excludes halogenated alkanes) is 1. The van der Waals surface area contributed by atoms with Crippen molar-refractivity contribution in [3.8, 4) is 5.75 Å². The first kappa shape index (κ1) is 31.9. The van der Waals surface area contributed by atoms with Crippen molar-refractivity contribution < 1.29 is 38.3 Å². The first-order chi connectivity index (χ1) is 21.1. The first-order valence-corrected chi connectivity index (χ1v) is 14.6. The second kappa shape index (κ2) is 14.0. The number of non-ortho nitro benzene ring substituents is 1. The molecule has 4 rings (SSSR count). The fourth-order valence-electron chi connectivity index (χ4n) is 5.42. The Morgan fingerprint density at radius 3 is 2.11 bits per heavy atom. The maximum absolute atomic E-state index is 13.3. The molecule has 0 radical (unpaired) electrons. The molecule has 0 aliphatic carbocycles. The molecule has 2 aliphatic rings. The highest BCUT2D eigenvalue weighted by atomic mass is 16.6. The summed E-state index contributed by atoms with van der Waals surface area (Å²) in [6.07, 6.45) is 1.28. The number of ether oxygens (including phenoxy) is 3. The summed E-state index contributed by atoms with van der Waals surface area (Å²) in [5, 5.41) is 14.9. The van der Waals surface area contributed by atoms with E-state index in [-0.39, 0.29) is 66.3 Å². The van der Waals surface area contributed by atoms with Crippen molar-refractivity contribution in [3.63, 3.8) is 0 Å². The van der Waals surface area contributed by atoms with Crippen LogP contribution < -0.4 is 10.1 Å².